The number of hydrogen-bond acceptors (Lipinski definition) is 1. The van der Waals surface area contributed by atoms with Crippen LogP contribution < -0.4 is 0 Å². The highest BCUT2D eigenvalue weighted by molar-refractivity contribution is 4.98. The molecule has 0 N–H and O–H groups in total. The van der Waals surface area contributed by atoms with Gasteiger partial charge in [-0.1, -0.05) is 19.8 Å². The first-order valence-corrected chi connectivity index (χ1v) is 10.5. The lowest BCUT2D eigenvalue weighted by Crippen LogP contribution is -2.49. The highest BCUT2D eigenvalue weighted by Gasteiger charge is 2.50. The molecule has 1 nitrogen and oxygen atoms in total. The van der Waals surface area contributed by atoms with Gasteiger partial charge in [0.15, 0.2) is 6.10 Å². The first kappa shape index (κ1) is 21.8. The molecule has 7 heteroatoms. The van der Waals surface area contributed by atoms with E-state index in [-0.39, 0.29) is 37.9 Å². The molecule has 0 heterocycles. The van der Waals surface area contributed by atoms with Gasteiger partial charge in [0.2, 0.25) is 0 Å². The van der Waals surface area contributed by atoms with Gasteiger partial charge in [0.1, 0.15) is 30.9 Å². The summed E-state index contributed by atoms with van der Waals surface area (Å²) in [7, 11) is 0. The van der Waals surface area contributed by atoms with Crippen molar-refractivity contribution in [3.8, 4) is 0 Å². The zero-order chi connectivity index (χ0) is 20.4. The molecule has 4 unspecified atom stereocenters. The number of halogens is 6. The van der Waals surface area contributed by atoms with Crippen LogP contribution >= 0.6 is 0 Å². The van der Waals surface area contributed by atoms with Crippen molar-refractivity contribution in [1.82, 2.24) is 0 Å². The van der Waals surface area contributed by atoms with E-state index in [1.807, 2.05) is 0 Å². The van der Waals surface area contributed by atoms with E-state index in [4.69, 9.17) is 0 Å². The molecular formula is C21H30F6O. The normalized spacial score (nSPS) is 47.4. The zero-order valence-corrected chi connectivity index (χ0v) is 16.2. The molecule has 0 bridgehead atoms. The molecule has 4 atom stereocenters. The van der Waals surface area contributed by atoms with Gasteiger partial charge in [-0.3, -0.25) is 0 Å². The summed E-state index contributed by atoms with van der Waals surface area (Å²) in [6, 6.07) is 0. The quantitative estimate of drug-likeness (QED) is 0.368. The lowest BCUT2D eigenvalue weighted by molar-refractivity contribution is -0.0850. The summed E-state index contributed by atoms with van der Waals surface area (Å²) in [6.45, 7) is 2.20. The predicted octanol–water partition coefficient (Wildman–Crippen LogP) is 6.72. The van der Waals surface area contributed by atoms with Crippen LogP contribution in [0.5, 0.6) is 0 Å². The number of ether oxygens (including phenoxy) is 1. The lowest BCUT2D eigenvalue weighted by atomic mass is 9.64. The van der Waals surface area contributed by atoms with Crippen molar-refractivity contribution >= 4 is 0 Å². The average Bonchev–Trinajstić information content (AvgIpc) is 2.60. The van der Waals surface area contributed by atoms with Crippen LogP contribution in [0.25, 0.3) is 0 Å². The van der Waals surface area contributed by atoms with Crippen molar-refractivity contribution in [1.29, 1.82) is 0 Å². The van der Waals surface area contributed by atoms with Gasteiger partial charge in [-0.15, -0.1) is 0 Å². The molecule has 0 aromatic carbocycles. The second kappa shape index (κ2) is 9.29. The van der Waals surface area contributed by atoms with Gasteiger partial charge in [0.05, 0.1) is 0 Å². The molecule has 3 rings (SSSR count). The Labute approximate surface area is 162 Å². The predicted molar refractivity (Wildman–Crippen MR) is 94.8 cm³/mol. The standard InChI is InChI=1S/C21H30F6O/c1-11-2-4-12(5-3-11)13-6-15(22)20(16(23)7-13)14-8-17(24)21(18(25)9-14)28-10-19(26)27/h10-18,20-21H,2-9H2,1H3. The Balaban J connectivity index is 1.59. The van der Waals surface area contributed by atoms with Crippen molar-refractivity contribution in [2.45, 2.75) is 89.1 Å². The Morgan fingerprint density at radius 2 is 1.21 bits per heavy atom. The Bertz CT molecular complexity index is 507. The second-order valence-corrected chi connectivity index (χ2v) is 9.13. The van der Waals surface area contributed by atoms with Gasteiger partial charge in [-0.25, -0.2) is 17.6 Å². The molecule has 162 valence electrons. The summed E-state index contributed by atoms with van der Waals surface area (Å²) >= 11 is 0. The SMILES string of the molecule is CC1CCC(C2CC(F)C(C3CC(F)C(OC=C(F)F)C(F)C3)C(F)C2)CC1. The summed E-state index contributed by atoms with van der Waals surface area (Å²) < 4.78 is 87.3. The fourth-order valence-electron chi connectivity index (χ4n) is 5.73. The molecule has 3 fully saturated rings. The summed E-state index contributed by atoms with van der Waals surface area (Å²) in [4.78, 5) is 0. The maximum atomic E-state index is 14.9. The topological polar surface area (TPSA) is 9.23 Å². The Morgan fingerprint density at radius 3 is 1.71 bits per heavy atom. The number of alkyl halides is 4. The van der Waals surface area contributed by atoms with E-state index in [1.165, 1.54) is 0 Å². The van der Waals surface area contributed by atoms with Crippen LogP contribution in [0, 0.1) is 29.6 Å². The summed E-state index contributed by atoms with van der Waals surface area (Å²) in [5, 5.41) is 0. The summed E-state index contributed by atoms with van der Waals surface area (Å²) in [5.41, 5.74) is 0. The smallest absolute Gasteiger partial charge is 0.304 e. The lowest BCUT2D eigenvalue weighted by Gasteiger charge is -2.45. The molecule has 0 spiro atoms. The molecule has 0 amide bonds. The molecule has 0 aromatic rings. The Hall–Kier alpha value is -0.880. The fraction of sp³-hybridized carbons (Fsp3) is 0.905. The number of rotatable bonds is 4. The van der Waals surface area contributed by atoms with E-state index >= 15 is 0 Å². The van der Waals surface area contributed by atoms with Crippen LogP contribution in [-0.4, -0.2) is 30.8 Å². The fourth-order valence-corrected chi connectivity index (χ4v) is 5.73. The van der Waals surface area contributed by atoms with Gasteiger partial charge >= 0.3 is 6.08 Å². The molecule has 0 aromatic heterocycles. The summed E-state index contributed by atoms with van der Waals surface area (Å²) in [5.74, 6) is -0.807. The third kappa shape index (κ3) is 4.99. The zero-order valence-electron chi connectivity index (χ0n) is 16.2. The molecular weight excluding hydrogens is 382 g/mol. The van der Waals surface area contributed by atoms with Crippen LogP contribution in [0.4, 0.5) is 26.3 Å². The van der Waals surface area contributed by atoms with Crippen molar-refractivity contribution in [3.63, 3.8) is 0 Å². The summed E-state index contributed by atoms with van der Waals surface area (Å²) in [6.07, 6.45) is -6.18. The highest BCUT2D eigenvalue weighted by Crippen LogP contribution is 2.48. The minimum absolute atomic E-state index is 0.00608. The first-order chi connectivity index (χ1) is 13.3. The van der Waals surface area contributed by atoms with Crippen molar-refractivity contribution < 1.29 is 31.1 Å². The molecule has 3 saturated carbocycles. The Kier molecular flexibility index (Phi) is 7.24. The van der Waals surface area contributed by atoms with Crippen LogP contribution in [0.1, 0.15) is 58.3 Å². The highest BCUT2D eigenvalue weighted by atomic mass is 19.3. The molecule has 0 saturated heterocycles. The van der Waals surface area contributed by atoms with Gasteiger partial charge < -0.3 is 4.74 Å². The van der Waals surface area contributed by atoms with Crippen LogP contribution in [0.2, 0.25) is 0 Å². The monoisotopic (exact) mass is 412 g/mol. The van der Waals surface area contributed by atoms with Gasteiger partial charge in [-0.05, 0) is 62.2 Å². The molecule has 28 heavy (non-hydrogen) atoms. The third-order valence-electron chi connectivity index (χ3n) is 7.25. The molecule has 0 aliphatic heterocycles. The largest absolute Gasteiger partial charge is 0.486 e. The molecule has 3 aliphatic rings. The van der Waals surface area contributed by atoms with Crippen LogP contribution in [0.3, 0.4) is 0 Å². The van der Waals surface area contributed by atoms with E-state index in [2.05, 4.69) is 11.7 Å². The second-order valence-electron chi connectivity index (χ2n) is 9.13. The molecule has 3 aliphatic carbocycles. The maximum absolute atomic E-state index is 14.9. The molecule has 0 radical (unpaired) electrons. The van der Waals surface area contributed by atoms with Crippen molar-refractivity contribution in [2.24, 2.45) is 29.6 Å². The number of hydrogen-bond donors (Lipinski definition) is 0. The third-order valence-corrected chi connectivity index (χ3v) is 7.25. The average molecular weight is 412 g/mol. The minimum Gasteiger partial charge on any atom is -0.486 e. The maximum Gasteiger partial charge on any atom is 0.304 e. The van der Waals surface area contributed by atoms with E-state index in [0.29, 0.717) is 11.8 Å². The van der Waals surface area contributed by atoms with Gasteiger partial charge in [0, 0.05) is 5.92 Å². The van der Waals surface area contributed by atoms with E-state index in [1.54, 1.807) is 0 Å². The van der Waals surface area contributed by atoms with Crippen molar-refractivity contribution in [2.75, 3.05) is 0 Å². The first-order valence-electron chi connectivity index (χ1n) is 10.5. The van der Waals surface area contributed by atoms with E-state index in [9.17, 15) is 26.3 Å². The van der Waals surface area contributed by atoms with Crippen molar-refractivity contribution in [3.05, 3.63) is 12.3 Å². The van der Waals surface area contributed by atoms with Crippen LogP contribution in [-0.2, 0) is 4.74 Å². The van der Waals surface area contributed by atoms with Gasteiger partial charge in [0.25, 0.3) is 0 Å². The van der Waals surface area contributed by atoms with Gasteiger partial charge in [-0.2, -0.15) is 8.78 Å². The van der Waals surface area contributed by atoms with E-state index in [0.717, 1.165) is 25.7 Å². The Morgan fingerprint density at radius 1 is 0.714 bits per heavy atom. The van der Waals surface area contributed by atoms with Crippen LogP contribution in [0.15, 0.2) is 12.3 Å². The minimum atomic E-state index is -2.18. The van der Waals surface area contributed by atoms with E-state index < -0.39 is 48.7 Å².